The molecule has 5 N–H and O–H groups in total. The van der Waals surface area contributed by atoms with Gasteiger partial charge in [0.25, 0.3) is 0 Å². The molecule has 3 amide bonds. The summed E-state index contributed by atoms with van der Waals surface area (Å²) < 4.78 is 5.14. The van der Waals surface area contributed by atoms with E-state index in [0.29, 0.717) is 11.4 Å². The predicted molar refractivity (Wildman–Crippen MR) is 115 cm³/mol. The van der Waals surface area contributed by atoms with Crippen molar-refractivity contribution in [1.29, 1.82) is 0 Å². The van der Waals surface area contributed by atoms with Crippen LogP contribution in [0.1, 0.15) is 12.0 Å². The predicted octanol–water partition coefficient (Wildman–Crippen LogP) is 1.14. The van der Waals surface area contributed by atoms with Crippen molar-refractivity contribution in [3.05, 3.63) is 54.1 Å². The number of methoxy groups -OCH3 is 1. The summed E-state index contributed by atoms with van der Waals surface area (Å²) in [6, 6.07) is 14.6. The number of ether oxygens (including phenoxy) is 1. The Morgan fingerprint density at radius 1 is 1.00 bits per heavy atom. The lowest BCUT2D eigenvalue weighted by Gasteiger charge is -2.43. The van der Waals surface area contributed by atoms with E-state index in [0.717, 1.165) is 11.3 Å². The zero-order valence-electron chi connectivity index (χ0n) is 17.3. The van der Waals surface area contributed by atoms with Gasteiger partial charge in [-0.3, -0.25) is 19.7 Å². The first-order valence-electron chi connectivity index (χ1n) is 10.1. The minimum absolute atomic E-state index is 0.0511. The van der Waals surface area contributed by atoms with Gasteiger partial charge in [0.15, 0.2) is 6.29 Å². The van der Waals surface area contributed by atoms with Gasteiger partial charge in [0.1, 0.15) is 5.75 Å². The second-order valence-corrected chi connectivity index (χ2v) is 7.72. The van der Waals surface area contributed by atoms with Crippen molar-refractivity contribution in [3.63, 3.8) is 0 Å². The normalized spacial score (nSPS) is 25.0. The van der Waals surface area contributed by atoms with E-state index in [9.17, 15) is 14.4 Å². The van der Waals surface area contributed by atoms with Gasteiger partial charge in [-0.1, -0.05) is 17.7 Å². The number of carbonyl (C=O) groups is 3. The van der Waals surface area contributed by atoms with Crippen molar-refractivity contribution in [1.82, 2.24) is 16.0 Å². The average molecular weight is 423 g/mol. The number of aryl methyl sites for hydroxylation is 1. The fourth-order valence-corrected chi connectivity index (χ4v) is 3.88. The zero-order chi connectivity index (χ0) is 22.0. The van der Waals surface area contributed by atoms with Gasteiger partial charge in [-0.25, -0.2) is 0 Å². The van der Waals surface area contributed by atoms with Crippen LogP contribution in [-0.2, 0) is 14.4 Å². The molecule has 2 aromatic carbocycles. The standard InChI is InChI=1S/C22H25N5O4/c1-12-3-5-13(6-4-12)23-20(29)16-11-17(28)25-19-18(16)21(30)27-22(26-19)24-14-7-9-15(31-2)10-8-14/h3-10,16,18-19,22,24,26H,11H2,1-2H3,(H,23,29)(H,25,28)(H,27,30). The van der Waals surface area contributed by atoms with E-state index in [-0.39, 0.29) is 24.1 Å². The van der Waals surface area contributed by atoms with Crippen LogP contribution >= 0.6 is 0 Å². The molecule has 0 radical (unpaired) electrons. The summed E-state index contributed by atoms with van der Waals surface area (Å²) in [6.45, 7) is 1.95. The van der Waals surface area contributed by atoms with Crippen LogP contribution in [0, 0.1) is 18.8 Å². The average Bonchev–Trinajstić information content (AvgIpc) is 2.75. The molecule has 9 nitrogen and oxygen atoms in total. The minimum Gasteiger partial charge on any atom is -0.497 e. The van der Waals surface area contributed by atoms with Crippen LogP contribution in [0.15, 0.2) is 48.5 Å². The molecule has 0 aromatic heterocycles. The molecule has 2 saturated heterocycles. The molecule has 0 aliphatic carbocycles. The molecule has 2 aliphatic rings. The molecule has 31 heavy (non-hydrogen) atoms. The monoisotopic (exact) mass is 423 g/mol. The molecular weight excluding hydrogens is 398 g/mol. The van der Waals surface area contributed by atoms with E-state index in [2.05, 4.69) is 26.6 Å². The molecule has 0 saturated carbocycles. The highest BCUT2D eigenvalue weighted by Gasteiger charge is 2.48. The van der Waals surface area contributed by atoms with Crippen molar-refractivity contribution in [2.24, 2.45) is 11.8 Å². The maximum Gasteiger partial charge on any atom is 0.229 e. The minimum atomic E-state index is -0.783. The Morgan fingerprint density at radius 2 is 1.68 bits per heavy atom. The first-order valence-corrected chi connectivity index (χ1v) is 10.1. The van der Waals surface area contributed by atoms with Crippen molar-refractivity contribution >= 4 is 29.1 Å². The highest BCUT2D eigenvalue weighted by Crippen LogP contribution is 2.28. The number of rotatable bonds is 5. The number of hydrogen-bond donors (Lipinski definition) is 5. The molecule has 0 spiro atoms. The third kappa shape index (κ3) is 4.61. The smallest absolute Gasteiger partial charge is 0.229 e. The molecule has 2 aromatic rings. The van der Waals surface area contributed by atoms with Crippen molar-refractivity contribution in [2.75, 3.05) is 17.7 Å². The van der Waals surface area contributed by atoms with Gasteiger partial charge in [0.05, 0.1) is 25.1 Å². The van der Waals surface area contributed by atoms with Crippen molar-refractivity contribution < 1.29 is 19.1 Å². The van der Waals surface area contributed by atoms with E-state index in [1.54, 1.807) is 31.4 Å². The fraction of sp³-hybridized carbons (Fsp3) is 0.318. The Hall–Kier alpha value is -3.59. The van der Waals surface area contributed by atoms with Gasteiger partial charge < -0.3 is 26.0 Å². The molecule has 162 valence electrons. The number of carbonyl (C=O) groups excluding carboxylic acids is 3. The number of benzene rings is 2. The summed E-state index contributed by atoms with van der Waals surface area (Å²) in [4.78, 5) is 38.1. The number of anilines is 2. The van der Waals surface area contributed by atoms with E-state index in [4.69, 9.17) is 4.74 Å². The van der Waals surface area contributed by atoms with Crippen LogP contribution in [0.4, 0.5) is 11.4 Å². The van der Waals surface area contributed by atoms with Gasteiger partial charge in [-0.05, 0) is 43.3 Å². The first-order chi connectivity index (χ1) is 14.9. The first kappa shape index (κ1) is 20.7. The summed E-state index contributed by atoms with van der Waals surface area (Å²) in [6.07, 6.45) is -1.33. The second kappa shape index (κ2) is 8.65. The van der Waals surface area contributed by atoms with E-state index >= 15 is 0 Å². The Morgan fingerprint density at radius 3 is 2.35 bits per heavy atom. The van der Waals surface area contributed by atoms with Crippen LogP contribution in [0.5, 0.6) is 5.75 Å². The SMILES string of the molecule is COc1ccc(NC2NC(=O)C3C(NC(=O)CC3C(=O)Nc3ccc(C)cc3)N2)cc1. The van der Waals surface area contributed by atoms with E-state index in [1.807, 2.05) is 31.2 Å². The highest BCUT2D eigenvalue weighted by atomic mass is 16.5. The third-order valence-corrected chi connectivity index (χ3v) is 5.51. The fourth-order valence-electron chi connectivity index (χ4n) is 3.88. The zero-order valence-corrected chi connectivity index (χ0v) is 17.3. The Kier molecular flexibility index (Phi) is 5.77. The lowest BCUT2D eigenvalue weighted by atomic mass is 9.81. The summed E-state index contributed by atoms with van der Waals surface area (Å²) in [7, 11) is 1.59. The van der Waals surface area contributed by atoms with Crippen LogP contribution < -0.4 is 31.3 Å². The highest BCUT2D eigenvalue weighted by molar-refractivity contribution is 6.00. The Bertz CT molecular complexity index is 976. The van der Waals surface area contributed by atoms with Crippen LogP contribution in [0.25, 0.3) is 0 Å². The number of nitrogens with one attached hydrogen (secondary N) is 5. The van der Waals surface area contributed by atoms with Crippen LogP contribution in [0.3, 0.4) is 0 Å². The number of piperidine rings is 1. The number of hydrogen-bond acceptors (Lipinski definition) is 6. The largest absolute Gasteiger partial charge is 0.497 e. The lowest BCUT2D eigenvalue weighted by molar-refractivity contribution is -0.144. The molecule has 2 fully saturated rings. The Balaban J connectivity index is 1.45. The van der Waals surface area contributed by atoms with Gasteiger partial charge >= 0.3 is 0 Å². The molecule has 4 rings (SSSR count). The quantitative estimate of drug-likeness (QED) is 0.492. The molecule has 2 heterocycles. The summed E-state index contributed by atoms with van der Waals surface area (Å²) in [5, 5.41) is 14.8. The maximum atomic E-state index is 12.9. The summed E-state index contributed by atoms with van der Waals surface area (Å²) >= 11 is 0. The molecule has 9 heteroatoms. The second-order valence-electron chi connectivity index (χ2n) is 7.72. The number of fused-ring (bicyclic) bond motifs is 1. The lowest BCUT2D eigenvalue weighted by Crippen LogP contribution is -2.72. The van der Waals surface area contributed by atoms with Gasteiger partial charge in [0, 0.05) is 17.8 Å². The summed E-state index contributed by atoms with van der Waals surface area (Å²) in [5.41, 5.74) is 2.45. The molecule has 4 atom stereocenters. The molecule has 0 bridgehead atoms. The number of amides is 3. The van der Waals surface area contributed by atoms with Crippen LogP contribution in [0.2, 0.25) is 0 Å². The van der Waals surface area contributed by atoms with Crippen molar-refractivity contribution in [3.8, 4) is 5.75 Å². The van der Waals surface area contributed by atoms with E-state index < -0.39 is 24.3 Å². The Labute approximate surface area is 179 Å². The van der Waals surface area contributed by atoms with E-state index in [1.165, 1.54) is 0 Å². The summed E-state index contributed by atoms with van der Waals surface area (Å²) in [5.74, 6) is -1.73. The maximum absolute atomic E-state index is 12.9. The molecule has 4 unspecified atom stereocenters. The third-order valence-electron chi connectivity index (χ3n) is 5.51. The van der Waals surface area contributed by atoms with Gasteiger partial charge in [-0.15, -0.1) is 0 Å². The topological polar surface area (TPSA) is 121 Å². The van der Waals surface area contributed by atoms with Crippen molar-refractivity contribution in [2.45, 2.75) is 25.8 Å². The van der Waals surface area contributed by atoms with Crippen LogP contribution in [-0.4, -0.2) is 37.3 Å². The van der Waals surface area contributed by atoms with Gasteiger partial charge in [0.2, 0.25) is 17.7 Å². The molecular formula is C22H25N5O4. The van der Waals surface area contributed by atoms with Gasteiger partial charge in [-0.2, -0.15) is 0 Å². The molecule has 2 aliphatic heterocycles.